The fourth-order valence-corrected chi connectivity index (χ4v) is 4.72. The number of rotatable bonds is 7. The van der Waals surface area contributed by atoms with E-state index in [4.69, 9.17) is 32.4 Å². The minimum absolute atomic E-state index is 0.0475. The zero-order valence-corrected chi connectivity index (χ0v) is 24.5. The summed E-state index contributed by atoms with van der Waals surface area (Å²) in [6.07, 6.45) is -2.01. The summed E-state index contributed by atoms with van der Waals surface area (Å²) in [5.74, 6) is -3.34. The fourth-order valence-electron chi connectivity index (χ4n) is 3.86. The van der Waals surface area contributed by atoms with E-state index in [9.17, 15) is 31.6 Å². The third-order valence-electron chi connectivity index (χ3n) is 6.37. The number of carboxylic acids is 1. The van der Waals surface area contributed by atoms with Crippen LogP contribution in [0.3, 0.4) is 0 Å². The molecule has 0 bridgehead atoms. The molecule has 230 valence electrons. The number of hydrogen-bond donors (Lipinski definition) is 4. The van der Waals surface area contributed by atoms with Crippen LogP contribution in [0.25, 0.3) is 11.1 Å². The van der Waals surface area contributed by atoms with Gasteiger partial charge in [0.2, 0.25) is 15.9 Å². The lowest BCUT2D eigenvalue weighted by molar-refractivity contribution is -0.192. The first-order chi connectivity index (χ1) is 19.9. The number of likely N-dealkylation sites (N-methyl/N-ethyl adjacent to an activating group) is 1. The van der Waals surface area contributed by atoms with Crippen LogP contribution in [0.15, 0.2) is 70.5 Å². The summed E-state index contributed by atoms with van der Waals surface area (Å²) in [6.45, 7) is 1.72. The number of amides is 1. The van der Waals surface area contributed by atoms with Gasteiger partial charge in [0.05, 0.1) is 34.3 Å². The third-order valence-corrected chi connectivity index (χ3v) is 7.98. The van der Waals surface area contributed by atoms with E-state index in [1.54, 1.807) is 49.4 Å². The maximum absolute atomic E-state index is 13.3. The molecule has 0 saturated carbocycles. The number of nitrogens with one attached hydrogen (secondary N) is 1. The summed E-state index contributed by atoms with van der Waals surface area (Å²) in [5, 5.41) is 31.7. The van der Waals surface area contributed by atoms with Gasteiger partial charge in [-0.25, -0.2) is 13.2 Å². The van der Waals surface area contributed by atoms with Gasteiger partial charge in [0.15, 0.2) is 0 Å². The smallest absolute Gasteiger partial charge is 0.475 e. The number of benzene rings is 2. The summed E-state index contributed by atoms with van der Waals surface area (Å²) in [4.78, 5) is 22.2. The van der Waals surface area contributed by atoms with Crippen molar-refractivity contribution in [3.05, 3.63) is 76.0 Å². The van der Waals surface area contributed by atoms with Crippen LogP contribution in [0.5, 0.6) is 0 Å². The molecule has 11 nitrogen and oxygen atoms in total. The van der Waals surface area contributed by atoms with Gasteiger partial charge in [-0.1, -0.05) is 47.1 Å². The van der Waals surface area contributed by atoms with E-state index in [0.29, 0.717) is 39.2 Å². The summed E-state index contributed by atoms with van der Waals surface area (Å²) in [6, 6.07) is 13.1. The first-order valence-electron chi connectivity index (χ1n) is 12.1. The molecule has 1 aliphatic rings. The van der Waals surface area contributed by atoms with Gasteiger partial charge < -0.3 is 21.4 Å². The van der Waals surface area contributed by atoms with E-state index in [-0.39, 0.29) is 23.6 Å². The van der Waals surface area contributed by atoms with E-state index in [1.165, 1.54) is 7.05 Å². The molecule has 0 radical (unpaired) electrons. The SMILES string of the molecule is CC1=C(N)C(=NO)CC=C1C[C@@H](C(=O)Nc1ccc(-c2ccccc2C#N)cc1Cl)N(C)S(C)(=O)=O.O=C(O)C(F)(F)F. The van der Waals surface area contributed by atoms with Crippen molar-refractivity contribution in [2.24, 2.45) is 10.9 Å². The molecule has 0 aromatic heterocycles. The van der Waals surface area contributed by atoms with Crippen molar-refractivity contribution < 1.29 is 41.5 Å². The van der Waals surface area contributed by atoms with Gasteiger partial charge in [-0.3, -0.25) is 4.79 Å². The Morgan fingerprint density at radius 2 is 1.86 bits per heavy atom. The van der Waals surface area contributed by atoms with Gasteiger partial charge in [-0.2, -0.15) is 22.7 Å². The summed E-state index contributed by atoms with van der Waals surface area (Å²) >= 11 is 6.46. The van der Waals surface area contributed by atoms with Crippen LogP contribution in [-0.2, 0) is 19.6 Å². The average Bonchev–Trinajstić information content (AvgIpc) is 2.93. The quantitative estimate of drug-likeness (QED) is 0.251. The van der Waals surface area contributed by atoms with Crippen LogP contribution in [0.2, 0.25) is 5.02 Å². The van der Waals surface area contributed by atoms with Crippen LogP contribution in [-0.4, -0.2) is 66.1 Å². The zero-order chi connectivity index (χ0) is 32.7. The number of carbonyl (C=O) groups excluding carboxylic acids is 1. The molecule has 1 atom stereocenters. The molecule has 16 heteroatoms. The van der Waals surface area contributed by atoms with E-state index in [0.717, 1.165) is 10.6 Å². The highest BCUT2D eigenvalue weighted by Gasteiger charge is 2.38. The predicted octanol–water partition coefficient (Wildman–Crippen LogP) is 4.49. The number of carbonyl (C=O) groups is 2. The van der Waals surface area contributed by atoms with Crippen molar-refractivity contribution in [1.82, 2.24) is 4.31 Å². The molecule has 0 fully saturated rings. The van der Waals surface area contributed by atoms with Crippen LogP contribution in [0.1, 0.15) is 25.3 Å². The number of aliphatic carboxylic acids is 1. The molecule has 0 spiro atoms. The average molecular weight is 642 g/mol. The maximum atomic E-state index is 13.3. The summed E-state index contributed by atoms with van der Waals surface area (Å²) in [5.41, 5.74) is 10.1. The van der Waals surface area contributed by atoms with Crippen molar-refractivity contribution in [1.29, 1.82) is 5.26 Å². The predicted molar refractivity (Wildman–Crippen MR) is 154 cm³/mol. The number of oxime groups is 1. The van der Waals surface area contributed by atoms with Crippen LogP contribution < -0.4 is 11.1 Å². The Labute approximate surface area is 250 Å². The van der Waals surface area contributed by atoms with Crippen LogP contribution in [0.4, 0.5) is 18.9 Å². The number of alkyl halides is 3. The van der Waals surface area contributed by atoms with Crippen molar-refractivity contribution >= 4 is 44.9 Å². The van der Waals surface area contributed by atoms with Gasteiger partial charge in [-0.15, -0.1) is 0 Å². The van der Waals surface area contributed by atoms with Gasteiger partial charge in [0.1, 0.15) is 11.8 Å². The van der Waals surface area contributed by atoms with Crippen molar-refractivity contribution in [2.45, 2.75) is 32.0 Å². The molecule has 0 aliphatic heterocycles. The Hall–Kier alpha value is -4.39. The molecule has 1 aliphatic carbocycles. The molecular formula is C27H27ClF3N5O6S. The van der Waals surface area contributed by atoms with Crippen LogP contribution >= 0.6 is 11.6 Å². The lowest BCUT2D eigenvalue weighted by Gasteiger charge is -2.28. The number of hydrogen-bond acceptors (Lipinski definition) is 8. The molecule has 5 N–H and O–H groups in total. The number of halogens is 4. The highest BCUT2D eigenvalue weighted by Crippen LogP contribution is 2.32. The zero-order valence-electron chi connectivity index (χ0n) is 23.0. The largest absolute Gasteiger partial charge is 0.490 e. The Kier molecular flexibility index (Phi) is 11.5. The summed E-state index contributed by atoms with van der Waals surface area (Å²) in [7, 11) is -2.40. The monoisotopic (exact) mass is 641 g/mol. The molecule has 43 heavy (non-hydrogen) atoms. The second-order valence-corrected chi connectivity index (χ2v) is 11.6. The molecule has 0 heterocycles. The van der Waals surface area contributed by atoms with E-state index < -0.39 is 34.1 Å². The Morgan fingerprint density at radius 3 is 2.37 bits per heavy atom. The van der Waals surface area contributed by atoms with Crippen molar-refractivity contribution in [3.8, 4) is 17.2 Å². The van der Waals surface area contributed by atoms with Crippen LogP contribution in [0, 0.1) is 11.3 Å². The second-order valence-electron chi connectivity index (χ2n) is 9.16. The van der Waals surface area contributed by atoms with E-state index in [2.05, 4.69) is 16.5 Å². The van der Waals surface area contributed by atoms with E-state index in [1.807, 2.05) is 6.07 Å². The number of sulfonamides is 1. The normalized spacial score (nSPS) is 15.2. The Bertz CT molecular complexity index is 1650. The van der Waals surface area contributed by atoms with Gasteiger partial charge in [0.25, 0.3) is 0 Å². The fraction of sp³-hybridized carbons (Fsp3) is 0.259. The number of nitrogens with zero attached hydrogens (tertiary/aromatic N) is 3. The number of allylic oxidation sites excluding steroid dienone is 3. The first kappa shape index (κ1) is 34.8. The molecule has 0 unspecified atom stereocenters. The Balaban J connectivity index is 0.000000821. The number of nitriles is 1. The lowest BCUT2D eigenvalue weighted by atomic mass is 9.90. The second kappa shape index (κ2) is 14.2. The topological polar surface area (TPSA) is 186 Å². The first-order valence-corrected chi connectivity index (χ1v) is 14.3. The molecule has 2 aromatic carbocycles. The Morgan fingerprint density at radius 1 is 1.26 bits per heavy atom. The lowest BCUT2D eigenvalue weighted by Crippen LogP contribution is -2.45. The molecule has 3 rings (SSSR count). The highest BCUT2D eigenvalue weighted by atomic mass is 35.5. The van der Waals surface area contributed by atoms with E-state index >= 15 is 0 Å². The molecule has 0 saturated heterocycles. The van der Waals surface area contributed by atoms with Gasteiger partial charge in [-0.05, 0) is 53.8 Å². The minimum atomic E-state index is -5.08. The van der Waals surface area contributed by atoms with Crippen molar-refractivity contribution in [3.63, 3.8) is 0 Å². The van der Waals surface area contributed by atoms with Gasteiger partial charge in [0, 0.05) is 13.5 Å². The maximum Gasteiger partial charge on any atom is 0.490 e. The van der Waals surface area contributed by atoms with Gasteiger partial charge >= 0.3 is 12.1 Å². The number of anilines is 1. The molecule has 1 amide bonds. The number of nitrogens with two attached hydrogens (primary N) is 1. The number of carboxylic acid groups (broad SMARTS) is 1. The molecular weight excluding hydrogens is 615 g/mol. The third kappa shape index (κ3) is 9.05. The summed E-state index contributed by atoms with van der Waals surface area (Å²) < 4.78 is 57.4. The highest BCUT2D eigenvalue weighted by molar-refractivity contribution is 7.88. The van der Waals surface area contributed by atoms with Crippen molar-refractivity contribution in [2.75, 3.05) is 18.6 Å². The standard InChI is InChI=1S/C25H26ClN5O4S.C2HF3O2/c1-15-16(8-11-22(30-33)24(15)28)13-23(31(2)36(3,34)35)25(32)29-21-10-9-17(12-20(21)26)19-7-5-4-6-18(19)14-27;3-2(4,5)1(6)7/h4-10,12,23,33H,11,13,28H2,1-3H3,(H,29,32);(H,6,7)/t23-;/m0./s1. The molecule has 2 aromatic rings. The minimum Gasteiger partial charge on any atom is -0.475 e.